The zero-order chi connectivity index (χ0) is 26.5. The molecule has 0 unspecified atom stereocenters. The quantitative estimate of drug-likeness (QED) is 0.169. The third-order valence-electron chi connectivity index (χ3n) is 7.33. The predicted octanol–water partition coefficient (Wildman–Crippen LogP) is 11.2. The van der Waals surface area contributed by atoms with Crippen LogP contribution in [0.2, 0.25) is 0 Å². The summed E-state index contributed by atoms with van der Waals surface area (Å²) < 4.78 is 44.7. The minimum atomic E-state index is -0.965. The molecule has 0 bridgehead atoms. The molecule has 0 aliphatic carbocycles. The Morgan fingerprint density at radius 2 is 1.03 bits per heavy atom. The van der Waals surface area contributed by atoms with Gasteiger partial charge in [-0.25, -0.2) is 13.2 Å². The van der Waals surface area contributed by atoms with Crippen LogP contribution in [-0.2, 0) is 12.8 Å². The van der Waals surface area contributed by atoms with Gasteiger partial charge >= 0.3 is 0 Å². The highest BCUT2D eigenvalue weighted by Gasteiger charge is 2.17. The Labute approximate surface area is 222 Å². The van der Waals surface area contributed by atoms with Gasteiger partial charge in [0.1, 0.15) is 5.82 Å². The molecule has 3 rings (SSSR count). The number of hydrogen-bond acceptors (Lipinski definition) is 0. The summed E-state index contributed by atoms with van der Waals surface area (Å²) in [6, 6.07) is 16.1. The van der Waals surface area contributed by atoms with Gasteiger partial charge in [-0.2, -0.15) is 0 Å². The first-order chi connectivity index (χ1) is 18.0. The summed E-state index contributed by atoms with van der Waals surface area (Å²) in [6.07, 6.45) is 15.8. The lowest BCUT2D eigenvalue weighted by atomic mass is 9.96. The van der Waals surface area contributed by atoms with E-state index in [2.05, 4.69) is 26.0 Å². The van der Waals surface area contributed by atoms with Crippen LogP contribution in [0.3, 0.4) is 0 Å². The second-order valence-corrected chi connectivity index (χ2v) is 10.3. The molecule has 0 aromatic heterocycles. The fourth-order valence-corrected chi connectivity index (χ4v) is 4.97. The van der Waals surface area contributed by atoms with Crippen LogP contribution < -0.4 is 0 Å². The summed E-state index contributed by atoms with van der Waals surface area (Å²) in [6.45, 7) is 4.39. The van der Waals surface area contributed by atoms with Crippen molar-refractivity contribution in [1.82, 2.24) is 0 Å². The molecule has 0 aliphatic heterocycles. The summed E-state index contributed by atoms with van der Waals surface area (Å²) in [5.41, 5.74) is 3.36. The van der Waals surface area contributed by atoms with Crippen molar-refractivity contribution in [2.24, 2.45) is 0 Å². The SMILES string of the molecule is CCCCCCCCCc1ccc(-c2ccc(-c3ccc(CCCCCCC)c(F)c3F)c(F)c2)cc1. The molecule has 0 nitrogen and oxygen atoms in total. The highest BCUT2D eigenvalue weighted by Crippen LogP contribution is 2.32. The van der Waals surface area contributed by atoms with E-state index in [1.807, 2.05) is 12.1 Å². The molecule has 0 fully saturated rings. The molecule has 0 saturated carbocycles. The molecule has 0 atom stereocenters. The van der Waals surface area contributed by atoms with Crippen molar-refractivity contribution in [3.8, 4) is 22.3 Å². The van der Waals surface area contributed by atoms with Crippen LogP contribution in [0.4, 0.5) is 13.2 Å². The van der Waals surface area contributed by atoms with E-state index in [0.717, 1.165) is 49.7 Å². The standard InChI is InChI=1S/C34H43F3/c1-3-5-7-9-10-12-13-15-26-17-19-27(20-18-26)29-22-23-30(32(35)25-29)31-24-21-28(33(36)34(31)37)16-14-11-8-6-4-2/h17-25H,3-16H2,1-2H3. The molecule has 3 aromatic carbocycles. The lowest BCUT2D eigenvalue weighted by Crippen LogP contribution is -1.99. The van der Waals surface area contributed by atoms with E-state index >= 15 is 4.39 Å². The Kier molecular flexibility index (Phi) is 12.3. The average molecular weight is 509 g/mol. The van der Waals surface area contributed by atoms with E-state index in [9.17, 15) is 8.78 Å². The molecule has 37 heavy (non-hydrogen) atoms. The molecular formula is C34H43F3. The molecule has 0 N–H and O–H groups in total. The summed E-state index contributed by atoms with van der Waals surface area (Å²) in [4.78, 5) is 0. The molecule has 0 heterocycles. The molecule has 0 radical (unpaired) electrons. The Bertz CT molecular complexity index is 1080. The van der Waals surface area contributed by atoms with E-state index in [-0.39, 0.29) is 11.1 Å². The highest BCUT2D eigenvalue weighted by atomic mass is 19.2. The van der Waals surface area contributed by atoms with Gasteiger partial charge in [0.2, 0.25) is 0 Å². The van der Waals surface area contributed by atoms with Crippen LogP contribution in [0, 0.1) is 17.5 Å². The third kappa shape index (κ3) is 8.76. The molecule has 0 saturated heterocycles. The first-order valence-electron chi connectivity index (χ1n) is 14.4. The van der Waals surface area contributed by atoms with Crippen LogP contribution >= 0.6 is 0 Å². The van der Waals surface area contributed by atoms with Gasteiger partial charge in [-0.15, -0.1) is 0 Å². The molecule has 0 amide bonds. The van der Waals surface area contributed by atoms with E-state index < -0.39 is 17.5 Å². The topological polar surface area (TPSA) is 0 Å². The maximum Gasteiger partial charge on any atom is 0.167 e. The maximum absolute atomic E-state index is 15.1. The lowest BCUT2D eigenvalue weighted by molar-refractivity contribution is 0.497. The van der Waals surface area contributed by atoms with E-state index in [1.54, 1.807) is 18.2 Å². The van der Waals surface area contributed by atoms with Gasteiger partial charge in [0.25, 0.3) is 0 Å². The summed E-state index contributed by atoms with van der Waals surface area (Å²) >= 11 is 0. The highest BCUT2D eigenvalue weighted by molar-refractivity contribution is 5.71. The monoisotopic (exact) mass is 508 g/mol. The summed E-state index contributed by atoms with van der Waals surface area (Å²) in [5, 5.41) is 0. The summed E-state index contributed by atoms with van der Waals surface area (Å²) in [5.74, 6) is -2.37. The van der Waals surface area contributed by atoms with Crippen molar-refractivity contribution in [2.45, 2.75) is 104 Å². The maximum atomic E-state index is 15.1. The average Bonchev–Trinajstić information content (AvgIpc) is 2.91. The fraction of sp³-hybridized carbons (Fsp3) is 0.471. The molecular weight excluding hydrogens is 465 g/mol. The molecule has 0 aliphatic rings. The molecule has 200 valence electrons. The second kappa shape index (κ2) is 15.6. The van der Waals surface area contributed by atoms with Crippen LogP contribution in [0.1, 0.15) is 102 Å². The Morgan fingerprint density at radius 1 is 0.486 bits per heavy atom. The second-order valence-electron chi connectivity index (χ2n) is 10.3. The van der Waals surface area contributed by atoms with Gasteiger partial charge in [0.15, 0.2) is 11.6 Å². The zero-order valence-corrected chi connectivity index (χ0v) is 22.7. The lowest BCUT2D eigenvalue weighted by Gasteiger charge is -2.11. The van der Waals surface area contributed by atoms with Gasteiger partial charge in [-0.1, -0.05) is 127 Å². The van der Waals surface area contributed by atoms with Gasteiger partial charge in [-0.3, -0.25) is 0 Å². The Hall–Kier alpha value is -2.55. The Morgan fingerprint density at radius 3 is 1.65 bits per heavy atom. The van der Waals surface area contributed by atoms with Crippen LogP contribution in [0.5, 0.6) is 0 Å². The third-order valence-corrected chi connectivity index (χ3v) is 7.33. The number of rotatable bonds is 16. The smallest absolute Gasteiger partial charge is 0.167 e. The number of halogens is 3. The van der Waals surface area contributed by atoms with Crippen molar-refractivity contribution in [3.05, 3.63) is 83.2 Å². The molecule has 3 aromatic rings. The molecule has 3 heteroatoms. The van der Waals surface area contributed by atoms with E-state index in [1.165, 1.54) is 62.6 Å². The van der Waals surface area contributed by atoms with Gasteiger partial charge in [0, 0.05) is 11.1 Å². The first-order valence-corrected chi connectivity index (χ1v) is 14.4. The minimum absolute atomic E-state index is 0.0266. The Balaban J connectivity index is 1.60. The number of benzene rings is 3. The van der Waals surface area contributed by atoms with Crippen molar-refractivity contribution in [2.75, 3.05) is 0 Å². The van der Waals surface area contributed by atoms with Crippen molar-refractivity contribution in [1.29, 1.82) is 0 Å². The van der Waals surface area contributed by atoms with Gasteiger partial charge in [0.05, 0.1) is 0 Å². The van der Waals surface area contributed by atoms with E-state index in [4.69, 9.17) is 0 Å². The largest absolute Gasteiger partial charge is 0.206 e. The van der Waals surface area contributed by atoms with Gasteiger partial charge < -0.3 is 0 Å². The van der Waals surface area contributed by atoms with Crippen LogP contribution in [0.25, 0.3) is 22.3 Å². The summed E-state index contributed by atoms with van der Waals surface area (Å²) in [7, 11) is 0. The normalized spacial score (nSPS) is 11.3. The minimum Gasteiger partial charge on any atom is -0.206 e. The van der Waals surface area contributed by atoms with E-state index in [0.29, 0.717) is 12.0 Å². The molecule has 0 spiro atoms. The van der Waals surface area contributed by atoms with Crippen molar-refractivity contribution < 1.29 is 13.2 Å². The van der Waals surface area contributed by atoms with Crippen LogP contribution in [-0.4, -0.2) is 0 Å². The number of hydrogen-bond donors (Lipinski definition) is 0. The first kappa shape index (κ1) is 29.0. The fourth-order valence-electron chi connectivity index (χ4n) is 4.97. The predicted molar refractivity (Wildman–Crippen MR) is 151 cm³/mol. The van der Waals surface area contributed by atoms with Crippen molar-refractivity contribution >= 4 is 0 Å². The number of aryl methyl sites for hydroxylation is 2. The van der Waals surface area contributed by atoms with Crippen LogP contribution in [0.15, 0.2) is 54.6 Å². The zero-order valence-electron chi connectivity index (χ0n) is 22.7. The number of unbranched alkanes of at least 4 members (excludes halogenated alkanes) is 10. The van der Waals surface area contributed by atoms with Crippen molar-refractivity contribution in [3.63, 3.8) is 0 Å². The van der Waals surface area contributed by atoms with Gasteiger partial charge in [-0.05, 0) is 54.0 Å².